The molecular formula is C21H26N2O4. The van der Waals surface area contributed by atoms with Crippen molar-refractivity contribution in [2.45, 2.75) is 6.54 Å². The van der Waals surface area contributed by atoms with Gasteiger partial charge in [0.1, 0.15) is 0 Å². The molecule has 0 saturated heterocycles. The molecule has 2 aromatic rings. The number of benzene rings is 2. The second-order valence-corrected chi connectivity index (χ2v) is 6.02. The largest absolute Gasteiger partial charge is 0.383 e. The van der Waals surface area contributed by atoms with Crippen LogP contribution in [0.4, 0.5) is 0 Å². The van der Waals surface area contributed by atoms with Crippen molar-refractivity contribution in [3.8, 4) is 0 Å². The van der Waals surface area contributed by atoms with Crippen molar-refractivity contribution in [2.24, 2.45) is 0 Å². The molecule has 1 N–H and O–H groups in total. The Balaban J connectivity index is 1.94. The fourth-order valence-corrected chi connectivity index (χ4v) is 2.54. The van der Waals surface area contributed by atoms with Crippen molar-refractivity contribution in [1.82, 2.24) is 10.2 Å². The van der Waals surface area contributed by atoms with Gasteiger partial charge < -0.3 is 19.7 Å². The van der Waals surface area contributed by atoms with Gasteiger partial charge >= 0.3 is 0 Å². The molecule has 2 rings (SSSR count). The number of amides is 2. The Morgan fingerprint density at radius 2 is 1.44 bits per heavy atom. The van der Waals surface area contributed by atoms with E-state index in [1.54, 1.807) is 43.4 Å². The highest BCUT2D eigenvalue weighted by molar-refractivity contribution is 5.95. The Labute approximate surface area is 160 Å². The Bertz CT molecular complexity index is 709. The summed E-state index contributed by atoms with van der Waals surface area (Å²) in [6.07, 6.45) is 0. The normalized spacial score (nSPS) is 10.4. The Morgan fingerprint density at radius 1 is 0.852 bits per heavy atom. The van der Waals surface area contributed by atoms with E-state index in [1.807, 2.05) is 30.3 Å². The summed E-state index contributed by atoms with van der Waals surface area (Å²) in [5, 5.41) is 2.88. The highest BCUT2D eigenvalue weighted by Gasteiger charge is 2.15. The first-order chi connectivity index (χ1) is 13.2. The van der Waals surface area contributed by atoms with Crippen molar-refractivity contribution >= 4 is 11.8 Å². The predicted octanol–water partition coefficient (Wildman–Crippen LogP) is 2.35. The molecule has 2 amide bonds. The number of rotatable bonds is 10. The van der Waals surface area contributed by atoms with Crippen molar-refractivity contribution in [1.29, 1.82) is 0 Å². The van der Waals surface area contributed by atoms with E-state index in [2.05, 4.69) is 5.32 Å². The molecule has 0 spiro atoms. The van der Waals surface area contributed by atoms with Crippen LogP contribution in [0, 0.1) is 0 Å². The van der Waals surface area contributed by atoms with Crippen LogP contribution < -0.4 is 5.32 Å². The van der Waals surface area contributed by atoms with Crippen LogP contribution in [0.25, 0.3) is 0 Å². The molecule has 0 aliphatic carbocycles. The van der Waals surface area contributed by atoms with Gasteiger partial charge in [-0.1, -0.05) is 30.3 Å². The maximum Gasteiger partial charge on any atom is 0.254 e. The first-order valence-electron chi connectivity index (χ1n) is 8.85. The average Bonchev–Trinajstić information content (AvgIpc) is 2.72. The van der Waals surface area contributed by atoms with E-state index < -0.39 is 0 Å². The number of nitrogens with zero attached hydrogens (tertiary/aromatic N) is 1. The van der Waals surface area contributed by atoms with Gasteiger partial charge in [-0.3, -0.25) is 9.59 Å². The molecule has 0 aromatic heterocycles. The Morgan fingerprint density at radius 3 is 2.00 bits per heavy atom. The zero-order valence-corrected chi connectivity index (χ0v) is 15.8. The number of carbonyl (C=O) groups excluding carboxylic acids is 2. The van der Waals surface area contributed by atoms with Crippen LogP contribution in [0.2, 0.25) is 0 Å². The molecule has 2 aromatic carbocycles. The maximum absolute atomic E-state index is 12.7. The summed E-state index contributed by atoms with van der Waals surface area (Å²) in [5.74, 6) is -0.190. The molecule has 0 radical (unpaired) electrons. The summed E-state index contributed by atoms with van der Waals surface area (Å²) in [6.45, 7) is 2.36. The molecular weight excluding hydrogens is 344 g/mol. The quantitative estimate of drug-likeness (QED) is 0.697. The third kappa shape index (κ3) is 6.51. The van der Waals surface area contributed by atoms with Gasteiger partial charge in [0, 0.05) is 45.0 Å². The van der Waals surface area contributed by atoms with Gasteiger partial charge in [0.05, 0.1) is 13.2 Å². The molecule has 0 bridgehead atoms. The summed E-state index contributed by atoms with van der Waals surface area (Å²) in [6, 6.07) is 16.3. The molecule has 0 unspecified atom stereocenters. The lowest BCUT2D eigenvalue weighted by atomic mass is 10.1. The van der Waals surface area contributed by atoms with Crippen LogP contribution in [-0.4, -0.2) is 57.2 Å². The van der Waals surface area contributed by atoms with Crippen LogP contribution in [-0.2, 0) is 16.0 Å². The Kier molecular flexibility index (Phi) is 8.48. The SMILES string of the molecule is COCCN(CCOC)C(=O)c1ccc(CNC(=O)c2ccccc2)cc1. The minimum atomic E-state index is -0.124. The molecule has 144 valence electrons. The van der Waals surface area contributed by atoms with Crippen molar-refractivity contribution in [3.05, 3.63) is 71.3 Å². The zero-order valence-electron chi connectivity index (χ0n) is 15.8. The van der Waals surface area contributed by atoms with Crippen molar-refractivity contribution in [3.63, 3.8) is 0 Å². The van der Waals surface area contributed by atoms with Gasteiger partial charge in [-0.2, -0.15) is 0 Å². The number of hydrogen-bond donors (Lipinski definition) is 1. The van der Waals surface area contributed by atoms with Gasteiger partial charge in [-0.25, -0.2) is 0 Å². The molecule has 0 saturated carbocycles. The number of carbonyl (C=O) groups is 2. The average molecular weight is 370 g/mol. The lowest BCUT2D eigenvalue weighted by Gasteiger charge is -2.22. The number of hydrogen-bond acceptors (Lipinski definition) is 4. The maximum atomic E-state index is 12.7. The van der Waals surface area contributed by atoms with Crippen LogP contribution in [0.5, 0.6) is 0 Å². The second kappa shape index (κ2) is 11.1. The van der Waals surface area contributed by atoms with E-state index in [0.717, 1.165) is 5.56 Å². The van der Waals surface area contributed by atoms with E-state index in [9.17, 15) is 9.59 Å². The first kappa shape index (κ1) is 20.6. The summed E-state index contributed by atoms with van der Waals surface area (Å²) in [5.41, 5.74) is 2.15. The molecule has 0 fully saturated rings. The van der Waals surface area contributed by atoms with Crippen molar-refractivity contribution < 1.29 is 19.1 Å². The molecule has 27 heavy (non-hydrogen) atoms. The minimum Gasteiger partial charge on any atom is -0.383 e. The molecule has 6 nitrogen and oxygen atoms in total. The van der Waals surface area contributed by atoms with Crippen LogP contribution in [0.3, 0.4) is 0 Å². The monoisotopic (exact) mass is 370 g/mol. The van der Waals surface area contributed by atoms with Gasteiger partial charge in [-0.05, 0) is 29.8 Å². The highest BCUT2D eigenvalue weighted by Crippen LogP contribution is 2.09. The number of ether oxygens (including phenoxy) is 2. The van der Waals surface area contributed by atoms with Gasteiger partial charge in [0.15, 0.2) is 0 Å². The van der Waals surface area contributed by atoms with Gasteiger partial charge in [0.25, 0.3) is 11.8 Å². The fourth-order valence-electron chi connectivity index (χ4n) is 2.54. The topological polar surface area (TPSA) is 67.9 Å². The van der Waals surface area contributed by atoms with Gasteiger partial charge in [-0.15, -0.1) is 0 Å². The minimum absolute atomic E-state index is 0.0658. The zero-order chi connectivity index (χ0) is 19.5. The number of methoxy groups -OCH3 is 2. The summed E-state index contributed by atoms with van der Waals surface area (Å²) in [7, 11) is 3.22. The van der Waals surface area contributed by atoms with Crippen molar-refractivity contribution in [2.75, 3.05) is 40.5 Å². The van der Waals surface area contributed by atoms with Crippen LogP contribution in [0.1, 0.15) is 26.3 Å². The van der Waals surface area contributed by atoms with Gasteiger partial charge in [0.2, 0.25) is 0 Å². The highest BCUT2D eigenvalue weighted by atomic mass is 16.5. The fraction of sp³-hybridized carbons (Fsp3) is 0.333. The second-order valence-electron chi connectivity index (χ2n) is 6.02. The molecule has 0 aliphatic rings. The van der Waals surface area contributed by atoms with E-state index in [0.29, 0.717) is 44.0 Å². The Hall–Kier alpha value is -2.70. The smallest absolute Gasteiger partial charge is 0.254 e. The van der Waals surface area contributed by atoms with E-state index >= 15 is 0 Å². The lowest BCUT2D eigenvalue weighted by Crippen LogP contribution is -2.36. The van der Waals surface area contributed by atoms with Crippen LogP contribution in [0.15, 0.2) is 54.6 Å². The molecule has 0 atom stereocenters. The molecule has 0 heterocycles. The summed E-state index contributed by atoms with van der Waals surface area (Å²) < 4.78 is 10.1. The first-order valence-corrected chi connectivity index (χ1v) is 8.85. The predicted molar refractivity (Wildman–Crippen MR) is 104 cm³/mol. The summed E-state index contributed by atoms with van der Waals surface area (Å²) >= 11 is 0. The van der Waals surface area contributed by atoms with E-state index in [-0.39, 0.29) is 11.8 Å². The lowest BCUT2D eigenvalue weighted by molar-refractivity contribution is 0.0627. The standard InChI is InChI=1S/C21H26N2O4/c1-26-14-12-23(13-15-27-2)21(25)19-10-8-17(9-11-19)16-22-20(24)18-6-4-3-5-7-18/h3-11H,12-16H2,1-2H3,(H,22,24). The molecule has 0 aliphatic heterocycles. The number of nitrogens with one attached hydrogen (secondary N) is 1. The van der Waals surface area contributed by atoms with Crippen LogP contribution >= 0.6 is 0 Å². The van der Waals surface area contributed by atoms with E-state index in [4.69, 9.17) is 9.47 Å². The van der Waals surface area contributed by atoms with E-state index in [1.165, 1.54) is 0 Å². The molecule has 6 heteroatoms. The third-order valence-corrected chi connectivity index (χ3v) is 4.11. The summed E-state index contributed by atoms with van der Waals surface area (Å²) in [4.78, 5) is 26.5. The third-order valence-electron chi connectivity index (χ3n) is 4.11.